The third-order valence-electron chi connectivity index (χ3n) is 5.02. The number of alkyl halides is 3. The van der Waals surface area contributed by atoms with Crippen LogP contribution in [-0.2, 0) is 6.18 Å². The van der Waals surface area contributed by atoms with Crippen molar-refractivity contribution in [2.75, 3.05) is 0 Å². The fourth-order valence-electron chi connectivity index (χ4n) is 3.62. The molecule has 0 spiro atoms. The summed E-state index contributed by atoms with van der Waals surface area (Å²) in [5.41, 5.74) is 8.14. The SMILES string of the molecule is CCCC(Oc1cc(C)c(-c2ccc(C(F)(F)F)cc2)c(C)c1)c1ccc(C(N)=O)s1. The number of halogens is 3. The standard InChI is InChI=1S/C24H24F3NO2S/c1-4-5-19(20-10-11-21(31-20)23(28)29)30-18-12-14(2)22(15(3)13-18)16-6-8-17(9-7-16)24(25,26)27/h6-13,19H,4-5H2,1-3H3,(H2,28,29). The van der Waals surface area contributed by atoms with Gasteiger partial charge in [0.1, 0.15) is 11.9 Å². The minimum atomic E-state index is -4.36. The number of aryl methyl sites for hydroxylation is 2. The van der Waals surface area contributed by atoms with Crippen LogP contribution in [0.2, 0.25) is 0 Å². The molecule has 2 aromatic carbocycles. The lowest BCUT2D eigenvalue weighted by molar-refractivity contribution is -0.137. The smallest absolute Gasteiger partial charge is 0.416 e. The number of primary amides is 1. The van der Waals surface area contributed by atoms with Crippen molar-refractivity contribution < 1.29 is 22.7 Å². The molecular formula is C24H24F3NO2S. The van der Waals surface area contributed by atoms with Crippen molar-refractivity contribution in [3.63, 3.8) is 0 Å². The van der Waals surface area contributed by atoms with E-state index in [1.807, 2.05) is 32.0 Å². The van der Waals surface area contributed by atoms with E-state index in [-0.39, 0.29) is 6.10 Å². The lowest BCUT2D eigenvalue weighted by atomic mass is 9.94. The third-order valence-corrected chi connectivity index (χ3v) is 6.22. The number of benzene rings is 2. The van der Waals surface area contributed by atoms with Crippen LogP contribution in [0, 0.1) is 13.8 Å². The van der Waals surface area contributed by atoms with Gasteiger partial charge in [-0.1, -0.05) is 25.5 Å². The Morgan fingerprint density at radius 2 is 1.68 bits per heavy atom. The van der Waals surface area contributed by atoms with Crippen LogP contribution in [0.4, 0.5) is 13.2 Å². The lowest BCUT2D eigenvalue weighted by Crippen LogP contribution is -2.08. The Morgan fingerprint density at radius 1 is 1.06 bits per heavy atom. The van der Waals surface area contributed by atoms with Crippen LogP contribution in [0.25, 0.3) is 11.1 Å². The van der Waals surface area contributed by atoms with E-state index in [0.29, 0.717) is 10.6 Å². The first kappa shape index (κ1) is 22.9. The second-order valence-corrected chi connectivity index (χ2v) is 8.58. The number of hydrogen-bond acceptors (Lipinski definition) is 3. The molecule has 0 radical (unpaired) electrons. The Hall–Kier alpha value is -2.80. The van der Waals surface area contributed by atoms with Gasteiger partial charge >= 0.3 is 6.18 Å². The maximum atomic E-state index is 12.9. The number of thiophene rings is 1. The Balaban J connectivity index is 1.88. The maximum Gasteiger partial charge on any atom is 0.416 e. The average Bonchev–Trinajstić information content (AvgIpc) is 3.17. The molecule has 3 aromatic rings. The molecule has 2 N–H and O–H groups in total. The van der Waals surface area contributed by atoms with Gasteiger partial charge in [-0.25, -0.2) is 0 Å². The van der Waals surface area contributed by atoms with Crippen molar-refractivity contribution in [3.8, 4) is 16.9 Å². The topological polar surface area (TPSA) is 52.3 Å². The highest BCUT2D eigenvalue weighted by molar-refractivity contribution is 7.14. The fourth-order valence-corrected chi connectivity index (χ4v) is 4.54. The molecule has 1 atom stereocenters. The van der Waals surface area contributed by atoms with Crippen molar-refractivity contribution in [1.29, 1.82) is 0 Å². The summed E-state index contributed by atoms with van der Waals surface area (Å²) in [6.45, 7) is 5.89. The monoisotopic (exact) mass is 447 g/mol. The Kier molecular flexibility index (Phi) is 6.74. The van der Waals surface area contributed by atoms with E-state index in [1.54, 1.807) is 6.07 Å². The molecule has 31 heavy (non-hydrogen) atoms. The molecule has 0 aliphatic heterocycles. The summed E-state index contributed by atoms with van der Waals surface area (Å²) >= 11 is 1.33. The Morgan fingerprint density at radius 3 is 2.16 bits per heavy atom. The van der Waals surface area contributed by atoms with Gasteiger partial charge in [-0.05, 0) is 78.9 Å². The predicted molar refractivity (Wildman–Crippen MR) is 117 cm³/mol. The molecule has 0 aliphatic carbocycles. The highest BCUT2D eigenvalue weighted by Gasteiger charge is 2.30. The number of carbonyl (C=O) groups excluding carboxylic acids is 1. The molecule has 1 aromatic heterocycles. The molecule has 1 unspecified atom stereocenters. The molecule has 3 rings (SSSR count). The molecule has 1 amide bonds. The van der Waals surface area contributed by atoms with Crippen LogP contribution in [0.1, 0.15) is 57.1 Å². The van der Waals surface area contributed by atoms with Gasteiger partial charge in [0, 0.05) is 4.88 Å². The molecule has 0 bridgehead atoms. The van der Waals surface area contributed by atoms with E-state index >= 15 is 0 Å². The molecule has 7 heteroatoms. The van der Waals surface area contributed by atoms with Gasteiger partial charge in [0.15, 0.2) is 0 Å². The van der Waals surface area contributed by atoms with Crippen molar-refractivity contribution in [2.45, 2.75) is 45.9 Å². The van der Waals surface area contributed by atoms with Gasteiger partial charge in [-0.3, -0.25) is 4.79 Å². The molecule has 0 saturated carbocycles. The summed E-state index contributed by atoms with van der Waals surface area (Å²) in [6, 6.07) is 12.5. The van der Waals surface area contributed by atoms with Gasteiger partial charge in [-0.2, -0.15) is 13.2 Å². The number of rotatable bonds is 7. The first-order valence-corrected chi connectivity index (χ1v) is 10.8. The molecule has 1 heterocycles. The highest BCUT2D eigenvalue weighted by Crippen LogP contribution is 2.37. The highest BCUT2D eigenvalue weighted by atomic mass is 32.1. The molecule has 0 aliphatic rings. The largest absolute Gasteiger partial charge is 0.485 e. The summed E-state index contributed by atoms with van der Waals surface area (Å²) in [6.07, 6.45) is -2.89. The van der Waals surface area contributed by atoms with Crippen LogP contribution >= 0.6 is 11.3 Å². The number of amides is 1. The molecule has 0 fully saturated rings. The van der Waals surface area contributed by atoms with E-state index in [2.05, 4.69) is 6.92 Å². The first-order valence-electron chi connectivity index (χ1n) is 9.95. The molecular weight excluding hydrogens is 423 g/mol. The zero-order valence-corrected chi connectivity index (χ0v) is 18.4. The lowest BCUT2D eigenvalue weighted by Gasteiger charge is -2.20. The summed E-state index contributed by atoms with van der Waals surface area (Å²) < 4.78 is 44.8. The quantitative estimate of drug-likeness (QED) is 0.421. The van der Waals surface area contributed by atoms with E-state index < -0.39 is 17.6 Å². The third kappa shape index (κ3) is 5.28. The van der Waals surface area contributed by atoms with Crippen LogP contribution in [0.15, 0.2) is 48.5 Å². The van der Waals surface area contributed by atoms with Crippen molar-refractivity contribution in [3.05, 3.63) is 75.0 Å². The van der Waals surface area contributed by atoms with Crippen molar-refractivity contribution >= 4 is 17.2 Å². The second kappa shape index (κ2) is 9.14. The summed E-state index contributed by atoms with van der Waals surface area (Å²) in [5.74, 6) is 0.220. The second-order valence-electron chi connectivity index (χ2n) is 7.47. The maximum absolute atomic E-state index is 12.9. The van der Waals surface area contributed by atoms with Crippen LogP contribution in [0.3, 0.4) is 0 Å². The van der Waals surface area contributed by atoms with E-state index in [9.17, 15) is 18.0 Å². The van der Waals surface area contributed by atoms with Gasteiger partial charge in [0.2, 0.25) is 0 Å². The minimum absolute atomic E-state index is 0.209. The van der Waals surface area contributed by atoms with E-state index in [1.165, 1.54) is 23.5 Å². The van der Waals surface area contributed by atoms with Gasteiger partial charge in [0.05, 0.1) is 10.4 Å². The van der Waals surface area contributed by atoms with Crippen LogP contribution in [-0.4, -0.2) is 5.91 Å². The number of nitrogens with two attached hydrogens (primary N) is 1. The number of hydrogen-bond donors (Lipinski definition) is 1. The summed E-state index contributed by atoms with van der Waals surface area (Å²) in [5, 5.41) is 0. The summed E-state index contributed by atoms with van der Waals surface area (Å²) in [7, 11) is 0. The van der Waals surface area contributed by atoms with Crippen LogP contribution in [0.5, 0.6) is 5.75 Å². The Labute approximate surface area is 183 Å². The molecule has 0 saturated heterocycles. The minimum Gasteiger partial charge on any atom is -0.485 e. The van der Waals surface area contributed by atoms with Crippen molar-refractivity contribution in [2.24, 2.45) is 5.73 Å². The normalized spacial score (nSPS) is 12.6. The van der Waals surface area contributed by atoms with E-state index in [4.69, 9.17) is 10.5 Å². The predicted octanol–water partition coefficient (Wildman–Crippen LogP) is 7.07. The fraction of sp³-hybridized carbons (Fsp3) is 0.292. The Bertz CT molecular complexity index is 1050. The average molecular weight is 448 g/mol. The zero-order chi connectivity index (χ0) is 22.8. The number of carbonyl (C=O) groups is 1. The van der Waals surface area contributed by atoms with Gasteiger partial charge in [0.25, 0.3) is 5.91 Å². The van der Waals surface area contributed by atoms with Gasteiger partial charge in [-0.15, -0.1) is 11.3 Å². The molecule has 3 nitrogen and oxygen atoms in total. The summed E-state index contributed by atoms with van der Waals surface area (Å²) in [4.78, 5) is 12.8. The molecule has 164 valence electrons. The number of ether oxygens (including phenoxy) is 1. The van der Waals surface area contributed by atoms with Gasteiger partial charge < -0.3 is 10.5 Å². The van der Waals surface area contributed by atoms with E-state index in [0.717, 1.165) is 52.1 Å². The van der Waals surface area contributed by atoms with Crippen LogP contribution < -0.4 is 10.5 Å². The zero-order valence-electron chi connectivity index (χ0n) is 17.5. The van der Waals surface area contributed by atoms with Crippen molar-refractivity contribution in [1.82, 2.24) is 0 Å². The first-order chi connectivity index (χ1) is 14.6.